The van der Waals surface area contributed by atoms with E-state index in [0.717, 1.165) is 10.4 Å². The summed E-state index contributed by atoms with van der Waals surface area (Å²) in [5.74, 6) is 0.172. The Morgan fingerprint density at radius 3 is 3.06 bits per heavy atom. The van der Waals surface area contributed by atoms with Gasteiger partial charge in [-0.25, -0.2) is 9.78 Å². The predicted molar refractivity (Wildman–Crippen MR) is 67.9 cm³/mol. The third-order valence-electron chi connectivity index (χ3n) is 2.18. The van der Waals surface area contributed by atoms with Gasteiger partial charge in [-0.05, 0) is 30.7 Å². The smallest absolute Gasteiger partial charge is 0.338 e. The minimum atomic E-state index is -0.294. The van der Waals surface area contributed by atoms with Gasteiger partial charge in [0.05, 0.1) is 12.2 Å². The lowest BCUT2D eigenvalue weighted by molar-refractivity contribution is 0.0527. The molecule has 2 N–H and O–H groups in total. The molecular formula is C12H12N2O2S. The Bertz CT molecular complexity index is 537. The maximum Gasteiger partial charge on any atom is 0.338 e. The Labute approximate surface area is 103 Å². The molecule has 0 unspecified atom stereocenters. The third kappa shape index (κ3) is 2.62. The van der Waals surface area contributed by atoms with Crippen molar-refractivity contribution < 1.29 is 9.53 Å². The van der Waals surface area contributed by atoms with Crippen LogP contribution in [0.4, 0.5) is 5.82 Å². The largest absolute Gasteiger partial charge is 0.462 e. The third-order valence-corrected chi connectivity index (χ3v) is 3.16. The maximum absolute atomic E-state index is 11.5. The van der Waals surface area contributed by atoms with Crippen LogP contribution in [0.5, 0.6) is 0 Å². The molecule has 0 bridgehead atoms. The lowest BCUT2D eigenvalue weighted by Crippen LogP contribution is -2.02. The fourth-order valence-electron chi connectivity index (χ4n) is 1.41. The van der Waals surface area contributed by atoms with E-state index in [9.17, 15) is 4.79 Å². The predicted octanol–water partition coefficient (Wildman–Crippen LogP) is 2.57. The first kappa shape index (κ1) is 11.6. The van der Waals surface area contributed by atoms with E-state index >= 15 is 0 Å². The second kappa shape index (κ2) is 4.97. The Kier molecular flexibility index (Phi) is 3.39. The van der Waals surface area contributed by atoms with Crippen LogP contribution in [0.3, 0.4) is 0 Å². The summed E-state index contributed by atoms with van der Waals surface area (Å²) in [6.07, 6.45) is 1.65. The zero-order chi connectivity index (χ0) is 12.3. The molecule has 0 atom stereocenters. The SMILES string of the molecule is CCOC(=O)c1csc(-c2ccnc(N)c2)c1. The number of esters is 1. The van der Waals surface area contributed by atoms with Crippen LogP contribution in [0.15, 0.2) is 29.8 Å². The molecule has 17 heavy (non-hydrogen) atoms. The average Bonchev–Trinajstić information content (AvgIpc) is 2.78. The Balaban J connectivity index is 2.27. The molecule has 0 radical (unpaired) electrons. The molecule has 0 aliphatic carbocycles. The number of hydrogen-bond acceptors (Lipinski definition) is 5. The first-order chi connectivity index (χ1) is 8.20. The fraction of sp³-hybridized carbons (Fsp3) is 0.167. The highest BCUT2D eigenvalue weighted by Gasteiger charge is 2.10. The van der Waals surface area contributed by atoms with E-state index in [4.69, 9.17) is 10.5 Å². The molecule has 0 amide bonds. The van der Waals surface area contributed by atoms with Gasteiger partial charge in [-0.1, -0.05) is 0 Å². The molecule has 0 saturated carbocycles. The lowest BCUT2D eigenvalue weighted by atomic mass is 10.2. The van der Waals surface area contributed by atoms with E-state index in [1.165, 1.54) is 11.3 Å². The summed E-state index contributed by atoms with van der Waals surface area (Å²) < 4.78 is 4.93. The summed E-state index contributed by atoms with van der Waals surface area (Å²) in [6, 6.07) is 5.44. The highest BCUT2D eigenvalue weighted by Crippen LogP contribution is 2.28. The van der Waals surface area contributed by atoms with Crippen molar-refractivity contribution in [3.63, 3.8) is 0 Å². The van der Waals surface area contributed by atoms with Crippen molar-refractivity contribution in [3.8, 4) is 10.4 Å². The van der Waals surface area contributed by atoms with Gasteiger partial charge in [-0.2, -0.15) is 0 Å². The quantitative estimate of drug-likeness (QED) is 0.848. The number of thiophene rings is 1. The normalized spacial score (nSPS) is 10.2. The van der Waals surface area contributed by atoms with Gasteiger partial charge in [-0.3, -0.25) is 0 Å². The van der Waals surface area contributed by atoms with Crippen LogP contribution in [0.2, 0.25) is 0 Å². The van der Waals surface area contributed by atoms with Crippen molar-refractivity contribution in [2.75, 3.05) is 12.3 Å². The zero-order valence-electron chi connectivity index (χ0n) is 9.34. The van der Waals surface area contributed by atoms with Gasteiger partial charge in [0.2, 0.25) is 0 Å². The van der Waals surface area contributed by atoms with Gasteiger partial charge in [0.1, 0.15) is 5.82 Å². The van der Waals surface area contributed by atoms with Crippen molar-refractivity contribution in [2.45, 2.75) is 6.92 Å². The standard InChI is InChI=1S/C12H12N2O2S/c1-2-16-12(15)9-5-10(17-7-9)8-3-4-14-11(13)6-8/h3-7H,2H2,1H3,(H2,13,14). The van der Waals surface area contributed by atoms with Crippen LogP contribution < -0.4 is 5.73 Å². The van der Waals surface area contributed by atoms with Gasteiger partial charge in [0.15, 0.2) is 0 Å². The van der Waals surface area contributed by atoms with Crippen LogP contribution >= 0.6 is 11.3 Å². The molecule has 2 rings (SSSR count). The number of nitrogens with zero attached hydrogens (tertiary/aromatic N) is 1. The van der Waals surface area contributed by atoms with Crippen LogP contribution in [0, 0.1) is 0 Å². The van der Waals surface area contributed by atoms with Gasteiger partial charge in [0.25, 0.3) is 0 Å². The molecule has 0 spiro atoms. The van der Waals surface area contributed by atoms with Crippen molar-refractivity contribution in [1.82, 2.24) is 4.98 Å². The van der Waals surface area contributed by atoms with Crippen molar-refractivity contribution in [2.24, 2.45) is 0 Å². The molecule has 4 nitrogen and oxygen atoms in total. The van der Waals surface area contributed by atoms with E-state index in [1.54, 1.807) is 30.6 Å². The van der Waals surface area contributed by atoms with Crippen LogP contribution in [0.1, 0.15) is 17.3 Å². The average molecular weight is 248 g/mol. The summed E-state index contributed by atoms with van der Waals surface area (Å²) in [5.41, 5.74) is 7.14. The Morgan fingerprint density at radius 1 is 1.53 bits per heavy atom. The van der Waals surface area contributed by atoms with Crippen molar-refractivity contribution in [3.05, 3.63) is 35.3 Å². The van der Waals surface area contributed by atoms with E-state index in [2.05, 4.69) is 4.98 Å². The van der Waals surface area contributed by atoms with Crippen LogP contribution in [-0.4, -0.2) is 17.6 Å². The molecule has 88 valence electrons. The number of carbonyl (C=O) groups excluding carboxylic acids is 1. The number of carbonyl (C=O) groups is 1. The molecule has 5 heteroatoms. The second-order valence-electron chi connectivity index (χ2n) is 3.39. The van der Waals surface area contributed by atoms with E-state index < -0.39 is 0 Å². The van der Waals surface area contributed by atoms with Crippen molar-refractivity contribution in [1.29, 1.82) is 0 Å². The van der Waals surface area contributed by atoms with E-state index in [-0.39, 0.29) is 5.97 Å². The summed E-state index contributed by atoms with van der Waals surface area (Å²) in [6.45, 7) is 2.17. The first-order valence-corrected chi connectivity index (χ1v) is 6.06. The summed E-state index contributed by atoms with van der Waals surface area (Å²) in [4.78, 5) is 16.4. The number of ether oxygens (including phenoxy) is 1. The second-order valence-corrected chi connectivity index (χ2v) is 4.30. The number of anilines is 1. The van der Waals surface area contributed by atoms with Crippen molar-refractivity contribution >= 4 is 23.1 Å². The molecular weight excluding hydrogens is 236 g/mol. The number of nitrogen functional groups attached to an aromatic ring is 1. The molecule has 2 heterocycles. The molecule has 0 aliphatic heterocycles. The highest BCUT2D eigenvalue weighted by atomic mass is 32.1. The number of aromatic nitrogens is 1. The minimum Gasteiger partial charge on any atom is -0.462 e. The number of nitrogens with two attached hydrogens (primary N) is 1. The highest BCUT2D eigenvalue weighted by molar-refractivity contribution is 7.13. The van der Waals surface area contributed by atoms with Gasteiger partial charge in [0, 0.05) is 16.5 Å². The topological polar surface area (TPSA) is 65.2 Å². The molecule has 0 aromatic carbocycles. The first-order valence-electron chi connectivity index (χ1n) is 5.18. The summed E-state index contributed by atoms with van der Waals surface area (Å²) in [7, 11) is 0. The van der Waals surface area contributed by atoms with Crippen LogP contribution in [0.25, 0.3) is 10.4 Å². The molecule has 0 saturated heterocycles. The van der Waals surface area contributed by atoms with Gasteiger partial charge in [-0.15, -0.1) is 11.3 Å². The number of pyridine rings is 1. The molecule has 2 aromatic rings. The van der Waals surface area contributed by atoms with Crippen LogP contribution in [-0.2, 0) is 4.74 Å². The van der Waals surface area contributed by atoms with E-state index in [1.807, 2.05) is 6.07 Å². The zero-order valence-corrected chi connectivity index (χ0v) is 10.2. The monoisotopic (exact) mass is 248 g/mol. The number of rotatable bonds is 3. The minimum absolute atomic E-state index is 0.294. The van der Waals surface area contributed by atoms with Gasteiger partial charge < -0.3 is 10.5 Å². The molecule has 0 fully saturated rings. The van der Waals surface area contributed by atoms with E-state index in [0.29, 0.717) is 18.0 Å². The Hall–Kier alpha value is -1.88. The maximum atomic E-state index is 11.5. The molecule has 2 aromatic heterocycles. The number of hydrogen-bond donors (Lipinski definition) is 1. The summed E-state index contributed by atoms with van der Waals surface area (Å²) >= 11 is 1.48. The summed E-state index contributed by atoms with van der Waals surface area (Å²) in [5, 5.41) is 1.78. The fourth-order valence-corrected chi connectivity index (χ4v) is 2.29. The Morgan fingerprint density at radius 2 is 2.35 bits per heavy atom. The van der Waals surface area contributed by atoms with Gasteiger partial charge >= 0.3 is 5.97 Å². The molecule has 0 aliphatic rings. The lowest BCUT2D eigenvalue weighted by Gasteiger charge is -1.98.